The Bertz CT molecular complexity index is 501. The third-order valence-electron chi connectivity index (χ3n) is 2.54. The van der Waals surface area contributed by atoms with E-state index in [2.05, 4.69) is 0 Å². The van der Waals surface area contributed by atoms with E-state index in [0.29, 0.717) is 0 Å². The average Bonchev–Trinajstić information content (AvgIpc) is 3.02. The van der Waals surface area contributed by atoms with Crippen LogP contribution in [0, 0.1) is 0 Å². The maximum atomic E-state index is 5.74. The van der Waals surface area contributed by atoms with Crippen molar-refractivity contribution in [2.45, 2.75) is 0 Å². The van der Waals surface area contributed by atoms with Gasteiger partial charge in [0.05, 0.1) is 0 Å². The Morgan fingerprint density at radius 2 is 0.778 bits per heavy atom. The van der Waals surface area contributed by atoms with E-state index in [4.69, 9.17) is 18.1 Å². The van der Waals surface area contributed by atoms with E-state index in [1.807, 2.05) is 48.5 Å². The Kier molecular flexibility index (Phi) is 2.32. The largest absolute Gasteiger partial charge is 0.427 e. The van der Waals surface area contributed by atoms with Gasteiger partial charge in [0.1, 0.15) is 0 Å². The fourth-order valence-electron chi connectivity index (χ4n) is 1.71. The molecule has 90 valence electrons. The summed E-state index contributed by atoms with van der Waals surface area (Å²) in [6.45, 7) is 0. The van der Waals surface area contributed by atoms with E-state index < -0.39 is 16.1 Å². The molecule has 0 atom stereocenters. The van der Waals surface area contributed by atoms with Crippen LogP contribution in [0.3, 0.4) is 0 Å². The predicted octanol–water partition coefficient (Wildman–Crippen LogP) is 4.47. The van der Waals surface area contributed by atoms with E-state index in [-0.39, 0.29) is 0 Å². The summed E-state index contributed by atoms with van der Waals surface area (Å²) in [5.74, 6) is 3.03. The lowest BCUT2D eigenvalue weighted by molar-refractivity contribution is 0.551. The first-order valence-electron chi connectivity index (χ1n) is 5.40. The van der Waals surface area contributed by atoms with Crippen LogP contribution in [-0.4, -0.2) is 0 Å². The van der Waals surface area contributed by atoms with Gasteiger partial charge in [-0.1, -0.05) is 24.3 Å². The highest BCUT2D eigenvalue weighted by Gasteiger charge is 2.44. The van der Waals surface area contributed by atoms with Crippen LogP contribution in [0.5, 0.6) is 23.0 Å². The number of fused-ring (bicyclic) bond motifs is 2. The van der Waals surface area contributed by atoms with Crippen molar-refractivity contribution in [3.8, 4) is 23.0 Å². The lowest BCUT2D eigenvalue weighted by atomic mass is 10.3. The Labute approximate surface area is 106 Å². The van der Waals surface area contributed by atoms with Crippen LogP contribution in [-0.2, 0) is 0 Å². The van der Waals surface area contributed by atoms with E-state index in [9.17, 15) is 0 Å². The SMILES string of the molecule is c1ccc2c(c1)OP(P1Oc3ccccc3O1)O2. The molecular formula is C12H8O4P2. The summed E-state index contributed by atoms with van der Waals surface area (Å²) in [5, 5.41) is 0. The van der Waals surface area contributed by atoms with Gasteiger partial charge in [-0.3, -0.25) is 0 Å². The van der Waals surface area contributed by atoms with Crippen LogP contribution >= 0.6 is 16.1 Å². The topological polar surface area (TPSA) is 36.9 Å². The summed E-state index contributed by atoms with van der Waals surface area (Å²) < 4.78 is 23.0. The summed E-state index contributed by atoms with van der Waals surface area (Å²) >= 11 is 0. The van der Waals surface area contributed by atoms with Crippen LogP contribution in [0.15, 0.2) is 48.5 Å². The third-order valence-corrected chi connectivity index (χ3v) is 6.00. The van der Waals surface area contributed by atoms with Gasteiger partial charge in [0.15, 0.2) is 23.0 Å². The van der Waals surface area contributed by atoms with Gasteiger partial charge in [-0.15, -0.1) is 0 Å². The van der Waals surface area contributed by atoms with Crippen LogP contribution < -0.4 is 18.1 Å². The van der Waals surface area contributed by atoms with Gasteiger partial charge in [-0.05, 0) is 24.3 Å². The molecule has 0 saturated carbocycles. The number of benzene rings is 2. The number of rotatable bonds is 1. The molecule has 0 fully saturated rings. The van der Waals surface area contributed by atoms with E-state index in [0.717, 1.165) is 23.0 Å². The third kappa shape index (κ3) is 1.61. The van der Waals surface area contributed by atoms with Gasteiger partial charge >= 0.3 is 16.1 Å². The molecule has 0 unspecified atom stereocenters. The second-order valence-electron chi connectivity index (χ2n) is 3.73. The van der Waals surface area contributed by atoms with Crippen molar-refractivity contribution in [3.63, 3.8) is 0 Å². The molecule has 0 amide bonds. The van der Waals surface area contributed by atoms with Gasteiger partial charge in [0.2, 0.25) is 0 Å². The molecule has 0 N–H and O–H groups in total. The summed E-state index contributed by atoms with van der Waals surface area (Å²) in [7, 11) is -2.40. The monoisotopic (exact) mass is 278 g/mol. The van der Waals surface area contributed by atoms with Gasteiger partial charge in [0.25, 0.3) is 0 Å². The van der Waals surface area contributed by atoms with Gasteiger partial charge in [-0.2, -0.15) is 0 Å². The van der Waals surface area contributed by atoms with Crippen molar-refractivity contribution in [1.29, 1.82) is 0 Å². The smallest absolute Gasteiger partial charge is 0.405 e. The number of hydrogen-bond acceptors (Lipinski definition) is 4. The Morgan fingerprint density at radius 3 is 1.06 bits per heavy atom. The highest BCUT2D eigenvalue weighted by Crippen LogP contribution is 2.76. The molecule has 0 aromatic heterocycles. The minimum absolute atomic E-state index is 0.759. The zero-order valence-corrected chi connectivity index (χ0v) is 10.9. The molecule has 2 aromatic rings. The molecule has 4 rings (SSSR count). The van der Waals surface area contributed by atoms with Gasteiger partial charge < -0.3 is 18.1 Å². The van der Waals surface area contributed by atoms with Crippen molar-refractivity contribution in [3.05, 3.63) is 48.5 Å². The molecule has 2 heterocycles. The quantitative estimate of drug-likeness (QED) is 0.721. The number of para-hydroxylation sites is 4. The van der Waals surface area contributed by atoms with E-state index in [1.54, 1.807) is 0 Å². The Balaban J connectivity index is 1.56. The molecule has 2 aliphatic heterocycles. The standard InChI is InChI=1S/C12H8O4P2/c1-2-6-10-9(5-1)13-17(14-10)18-15-11-7-3-4-8-12(11)16-18/h1-8H. The summed E-state index contributed by atoms with van der Waals surface area (Å²) in [6.07, 6.45) is 0. The molecule has 6 heteroatoms. The summed E-state index contributed by atoms with van der Waals surface area (Å²) in [5.41, 5.74) is 0. The Morgan fingerprint density at radius 1 is 0.500 bits per heavy atom. The lowest BCUT2D eigenvalue weighted by Crippen LogP contribution is -1.90. The average molecular weight is 278 g/mol. The highest BCUT2D eigenvalue weighted by atomic mass is 32.1. The minimum Gasteiger partial charge on any atom is -0.427 e. The molecule has 0 bridgehead atoms. The van der Waals surface area contributed by atoms with Gasteiger partial charge in [-0.25, -0.2) is 0 Å². The van der Waals surface area contributed by atoms with Crippen molar-refractivity contribution >= 4 is 16.1 Å². The molecule has 0 saturated heterocycles. The van der Waals surface area contributed by atoms with Crippen LogP contribution in [0.1, 0.15) is 0 Å². The molecule has 0 spiro atoms. The minimum atomic E-state index is -1.20. The molecule has 0 aliphatic carbocycles. The van der Waals surface area contributed by atoms with Crippen LogP contribution in [0.2, 0.25) is 0 Å². The van der Waals surface area contributed by atoms with Crippen molar-refractivity contribution in [1.82, 2.24) is 0 Å². The fourth-order valence-corrected chi connectivity index (χ4v) is 5.18. The first-order valence-corrected chi connectivity index (χ1v) is 8.46. The maximum absolute atomic E-state index is 5.74. The zero-order valence-electron chi connectivity index (χ0n) is 9.15. The first-order chi connectivity index (χ1) is 8.90. The van der Waals surface area contributed by atoms with E-state index in [1.165, 1.54) is 0 Å². The molecule has 2 aromatic carbocycles. The molecular weight excluding hydrogens is 270 g/mol. The predicted molar refractivity (Wildman–Crippen MR) is 69.2 cm³/mol. The summed E-state index contributed by atoms with van der Waals surface area (Å²) in [4.78, 5) is 0. The molecule has 18 heavy (non-hydrogen) atoms. The molecule has 0 radical (unpaired) electrons. The van der Waals surface area contributed by atoms with Crippen LogP contribution in [0.25, 0.3) is 0 Å². The normalized spacial score (nSPS) is 17.1. The fraction of sp³-hybridized carbons (Fsp3) is 0. The van der Waals surface area contributed by atoms with E-state index >= 15 is 0 Å². The zero-order chi connectivity index (χ0) is 11.9. The highest BCUT2D eigenvalue weighted by molar-refractivity contribution is 8.22. The van der Waals surface area contributed by atoms with Crippen LogP contribution in [0.4, 0.5) is 0 Å². The van der Waals surface area contributed by atoms with Crippen molar-refractivity contribution in [2.24, 2.45) is 0 Å². The molecule has 2 aliphatic rings. The molecule has 4 nitrogen and oxygen atoms in total. The number of hydrogen-bond donors (Lipinski definition) is 0. The van der Waals surface area contributed by atoms with Gasteiger partial charge in [0, 0.05) is 0 Å². The van der Waals surface area contributed by atoms with Crippen molar-refractivity contribution in [2.75, 3.05) is 0 Å². The van der Waals surface area contributed by atoms with Crippen molar-refractivity contribution < 1.29 is 18.1 Å². The second-order valence-corrected chi connectivity index (χ2v) is 7.38. The Hall–Kier alpha value is -1.50. The maximum Gasteiger partial charge on any atom is 0.405 e. The lowest BCUT2D eigenvalue weighted by Gasteiger charge is -2.11. The summed E-state index contributed by atoms with van der Waals surface area (Å²) in [6, 6.07) is 15.2. The first kappa shape index (κ1) is 10.4. The second kappa shape index (κ2) is 4.01.